The number of ketones is 1. The van der Waals surface area contributed by atoms with E-state index < -0.39 is 23.5 Å². The number of benzene rings is 3. The van der Waals surface area contributed by atoms with Crippen LogP contribution < -0.4 is 9.64 Å². The number of thiazole rings is 1. The van der Waals surface area contributed by atoms with E-state index in [1.807, 2.05) is 18.2 Å². The van der Waals surface area contributed by atoms with Gasteiger partial charge in [-0.3, -0.25) is 14.5 Å². The number of thioether (sulfide) groups is 1. The Labute approximate surface area is 253 Å². The van der Waals surface area contributed by atoms with E-state index in [-0.39, 0.29) is 22.2 Å². The number of methoxy groups -OCH3 is 1. The average molecular weight is 617 g/mol. The number of aliphatic hydroxyl groups excluding tert-OH is 1. The van der Waals surface area contributed by atoms with Gasteiger partial charge < -0.3 is 14.9 Å². The van der Waals surface area contributed by atoms with Crippen molar-refractivity contribution in [2.75, 3.05) is 12.0 Å². The number of phenolic OH excluding ortho intramolecular Hbond substituents is 1. The highest BCUT2D eigenvalue weighted by atomic mass is 32.2. The lowest BCUT2D eigenvalue weighted by Crippen LogP contribution is -2.31. The van der Waals surface area contributed by atoms with Crippen LogP contribution in [0.5, 0.6) is 11.5 Å². The first-order chi connectivity index (χ1) is 20.3. The predicted molar refractivity (Wildman–Crippen MR) is 164 cm³/mol. The number of phenols is 1. The number of hydrogen-bond donors (Lipinski definition) is 2. The van der Waals surface area contributed by atoms with Gasteiger partial charge in [-0.25, -0.2) is 4.98 Å². The molecule has 9 nitrogen and oxygen atoms in total. The SMILES string of the molecule is COc1cc(C2C(C(=O)c3sc(C)nc3C)=C(O)C(=O)N2c2nnc(SCc3cccc4ccccc34)s2)ccc1O. The monoisotopic (exact) mass is 616 g/mol. The van der Waals surface area contributed by atoms with Crippen molar-refractivity contribution in [1.29, 1.82) is 0 Å². The molecule has 42 heavy (non-hydrogen) atoms. The zero-order valence-electron chi connectivity index (χ0n) is 22.7. The van der Waals surface area contributed by atoms with E-state index in [2.05, 4.69) is 39.4 Å². The molecule has 1 unspecified atom stereocenters. The predicted octanol–water partition coefficient (Wildman–Crippen LogP) is 6.55. The molecule has 1 aliphatic heterocycles. The highest BCUT2D eigenvalue weighted by Crippen LogP contribution is 2.46. The average Bonchev–Trinajstić information content (AvgIpc) is 3.67. The molecule has 0 spiro atoms. The number of carbonyl (C=O) groups excluding carboxylic acids is 2. The molecule has 1 amide bonds. The summed E-state index contributed by atoms with van der Waals surface area (Å²) < 4.78 is 5.92. The molecule has 1 aliphatic rings. The fourth-order valence-electron chi connectivity index (χ4n) is 4.99. The van der Waals surface area contributed by atoms with Crippen molar-refractivity contribution in [1.82, 2.24) is 15.2 Å². The molecular weight excluding hydrogens is 593 g/mol. The van der Waals surface area contributed by atoms with E-state index in [1.165, 1.54) is 58.6 Å². The van der Waals surface area contributed by atoms with Crippen molar-refractivity contribution in [3.05, 3.63) is 98.7 Å². The zero-order chi connectivity index (χ0) is 29.5. The smallest absolute Gasteiger partial charge is 0.296 e. The summed E-state index contributed by atoms with van der Waals surface area (Å²) in [6.07, 6.45) is 0. The van der Waals surface area contributed by atoms with Gasteiger partial charge in [-0.2, -0.15) is 0 Å². The number of amides is 1. The number of aromatic hydroxyl groups is 1. The molecule has 3 aromatic carbocycles. The fraction of sp³-hybridized carbons (Fsp3) is 0.167. The Morgan fingerprint density at radius 1 is 1.05 bits per heavy atom. The van der Waals surface area contributed by atoms with Crippen molar-refractivity contribution in [3.8, 4) is 11.5 Å². The molecule has 2 N–H and O–H groups in total. The van der Waals surface area contributed by atoms with Crippen LogP contribution in [0, 0.1) is 13.8 Å². The van der Waals surface area contributed by atoms with Crippen LogP contribution in [0.15, 0.2) is 76.3 Å². The van der Waals surface area contributed by atoms with Gasteiger partial charge in [0.05, 0.1) is 34.3 Å². The molecule has 12 heteroatoms. The molecule has 0 bridgehead atoms. The Bertz CT molecular complexity index is 1890. The molecule has 0 aliphatic carbocycles. The zero-order valence-corrected chi connectivity index (χ0v) is 25.1. The lowest BCUT2D eigenvalue weighted by Gasteiger charge is -2.24. The number of Topliss-reactive ketones (excluding diaryl/α,β-unsaturated/α-hetero) is 1. The van der Waals surface area contributed by atoms with Crippen molar-refractivity contribution in [3.63, 3.8) is 0 Å². The molecule has 3 heterocycles. The number of aromatic nitrogens is 3. The molecule has 1 atom stereocenters. The van der Waals surface area contributed by atoms with E-state index in [0.717, 1.165) is 16.3 Å². The second-order valence-electron chi connectivity index (χ2n) is 9.53. The van der Waals surface area contributed by atoms with Crippen LogP contribution in [-0.2, 0) is 10.5 Å². The number of aliphatic hydroxyl groups is 1. The van der Waals surface area contributed by atoms with E-state index in [9.17, 15) is 19.8 Å². The maximum Gasteiger partial charge on any atom is 0.296 e. The summed E-state index contributed by atoms with van der Waals surface area (Å²) in [4.78, 5) is 33.4. The number of fused-ring (bicyclic) bond motifs is 1. The van der Waals surface area contributed by atoms with Gasteiger partial charge in [0.15, 0.2) is 21.6 Å². The quantitative estimate of drug-likeness (QED) is 0.113. The van der Waals surface area contributed by atoms with E-state index >= 15 is 0 Å². The standard InChI is InChI=1S/C30H24N4O5S3/c1-15-27(41-16(2)31-15)25(36)23-24(18-11-12-21(35)22(13-18)39-3)34(28(38)26(23)37)29-32-33-30(42-29)40-14-19-9-6-8-17-7-4-5-10-20(17)19/h4-13,24,35,37H,14H2,1-3H3. The van der Waals surface area contributed by atoms with Crippen LogP contribution in [0.2, 0.25) is 0 Å². The van der Waals surface area contributed by atoms with Crippen LogP contribution in [0.25, 0.3) is 10.8 Å². The lowest BCUT2D eigenvalue weighted by atomic mass is 9.95. The van der Waals surface area contributed by atoms with Crippen LogP contribution in [0.4, 0.5) is 5.13 Å². The molecule has 6 rings (SSSR count). The molecule has 212 valence electrons. The minimum atomic E-state index is -1.04. The topological polar surface area (TPSA) is 126 Å². The minimum Gasteiger partial charge on any atom is -0.504 e. The third kappa shape index (κ3) is 4.91. The summed E-state index contributed by atoms with van der Waals surface area (Å²) in [5.74, 6) is -1.24. The summed E-state index contributed by atoms with van der Waals surface area (Å²) in [5, 5.41) is 33.2. The van der Waals surface area contributed by atoms with Crippen molar-refractivity contribution >= 4 is 62.0 Å². The first-order valence-electron chi connectivity index (χ1n) is 12.8. The fourth-order valence-corrected chi connectivity index (χ4v) is 7.74. The van der Waals surface area contributed by atoms with Crippen LogP contribution in [0.1, 0.15) is 37.5 Å². The number of anilines is 1. The summed E-state index contributed by atoms with van der Waals surface area (Å²) >= 11 is 3.88. The Hall–Kier alpha value is -4.26. The summed E-state index contributed by atoms with van der Waals surface area (Å²) in [6, 6.07) is 17.8. The molecule has 0 saturated heterocycles. The number of aryl methyl sites for hydroxylation is 2. The third-order valence-electron chi connectivity index (χ3n) is 6.91. The first kappa shape index (κ1) is 27.9. The Balaban J connectivity index is 1.37. The van der Waals surface area contributed by atoms with Crippen molar-refractivity contribution in [2.24, 2.45) is 0 Å². The summed E-state index contributed by atoms with van der Waals surface area (Å²) in [6.45, 7) is 3.50. The third-order valence-corrected chi connectivity index (χ3v) is 10.1. The minimum absolute atomic E-state index is 0.0975. The van der Waals surface area contributed by atoms with Gasteiger partial charge in [-0.05, 0) is 47.9 Å². The van der Waals surface area contributed by atoms with E-state index in [4.69, 9.17) is 4.74 Å². The van der Waals surface area contributed by atoms with Crippen LogP contribution in [0.3, 0.4) is 0 Å². The molecule has 0 radical (unpaired) electrons. The molecular formula is C30H24N4O5S3. The Morgan fingerprint density at radius 2 is 1.83 bits per heavy atom. The van der Waals surface area contributed by atoms with Gasteiger partial charge in [0.1, 0.15) is 0 Å². The van der Waals surface area contributed by atoms with Crippen molar-refractivity contribution < 1.29 is 24.5 Å². The first-order valence-corrected chi connectivity index (χ1v) is 15.4. The van der Waals surface area contributed by atoms with Gasteiger partial charge in [-0.1, -0.05) is 71.6 Å². The maximum absolute atomic E-state index is 13.8. The largest absolute Gasteiger partial charge is 0.504 e. The highest BCUT2D eigenvalue weighted by Gasteiger charge is 2.47. The molecule has 0 fully saturated rings. The Kier molecular flexibility index (Phi) is 7.43. The van der Waals surface area contributed by atoms with Gasteiger partial charge in [0.25, 0.3) is 5.91 Å². The van der Waals surface area contributed by atoms with Gasteiger partial charge in [0, 0.05) is 5.75 Å². The lowest BCUT2D eigenvalue weighted by molar-refractivity contribution is -0.117. The summed E-state index contributed by atoms with van der Waals surface area (Å²) in [7, 11) is 1.41. The number of ether oxygens (including phenoxy) is 1. The number of rotatable bonds is 8. The van der Waals surface area contributed by atoms with Gasteiger partial charge >= 0.3 is 0 Å². The van der Waals surface area contributed by atoms with Gasteiger partial charge in [0.2, 0.25) is 10.9 Å². The maximum atomic E-state index is 13.8. The normalized spacial score (nSPS) is 15.2. The molecule has 2 aromatic heterocycles. The van der Waals surface area contributed by atoms with Crippen LogP contribution >= 0.6 is 34.4 Å². The van der Waals surface area contributed by atoms with E-state index in [0.29, 0.717) is 31.2 Å². The van der Waals surface area contributed by atoms with Gasteiger partial charge in [-0.15, -0.1) is 21.5 Å². The van der Waals surface area contributed by atoms with E-state index in [1.54, 1.807) is 19.9 Å². The number of carbonyl (C=O) groups is 2. The molecule has 5 aromatic rings. The highest BCUT2D eigenvalue weighted by molar-refractivity contribution is 8.00. The second-order valence-corrected chi connectivity index (χ2v) is 12.9. The number of nitrogens with zero attached hydrogens (tertiary/aromatic N) is 4. The molecule has 0 saturated carbocycles. The Morgan fingerprint density at radius 3 is 2.60 bits per heavy atom. The van der Waals surface area contributed by atoms with Crippen LogP contribution in [-0.4, -0.2) is 44.2 Å². The van der Waals surface area contributed by atoms with Crippen molar-refractivity contribution in [2.45, 2.75) is 30.0 Å². The number of hydrogen-bond acceptors (Lipinski definition) is 11. The summed E-state index contributed by atoms with van der Waals surface area (Å²) in [5.41, 5.74) is 2.01. The second kappa shape index (κ2) is 11.2.